The maximum absolute atomic E-state index is 12.4. The summed E-state index contributed by atoms with van der Waals surface area (Å²) in [6, 6.07) is 14.7. The number of nitrogens with one attached hydrogen (secondary N) is 2. The second-order valence-electron chi connectivity index (χ2n) is 6.54. The molecule has 3 aromatic rings. The fourth-order valence-electron chi connectivity index (χ4n) is 2.71. The van der Waals surface area contributed by atoms with Gasteiger partial charge in [0.05, 0.1) is 23.8 Å². The van der Waals surface area contributed by atoms with Crippen LogP contribution in [0.2, 0.25) is 0 Å². The van der Waals surface area contributed by atoms with Crippen LogP contribution in [-0.4, -0.2) is 36.9 Å². The van der Waals surface area contributed by atoms with E-state index in [1.54, 1.807) is 36.0 Å². The fourth-order valence-corrected chi connectivity index (χ4v) is 3.33. The lowest BCUT2D eigenvalue weighted by atomic mass is 10.1. The number of carbonyl (C=O) groups excluding carboxylic acids is 1. The average molecular weight is 398 g/mol. The Hall–Kier alpha value is -3.13. The molecule has 0 fully saturated rings. The molecule has 2 N–H and O–H groups in total. The fraction of sp³-hybridized carbons (Fsp3) is 0.200. The number of aryl methyl sites for hydroxylation is 1. The largest absolute Gasteiger partial charge is 0.352 e. The molecule has 28 heavy (non-hydrogen) atoms. The van der Waals surface area contributed by atoms with Gasteiger partial charge in [0, 0.05) is 18.3 Å². The van der Waals surface area contributed by atoms with Gasteiger partial charge in [-0.1, -0.05) is 24.3 Å². The van der Waals surface area contributed by atoms with Crippen molar-refractivity contribution in [1.82, 2.24) is 15.1 Å². The van der Waals surface area contributed by atoms with Gasteiger partial charge in [-0.15, -0.1) is 0 Å². The number of amides is 1. The predicted molar refractivity (Wildman–Crippen MR) is 109 cm³/mol. The van der Waals surface area contributed by atoms with Gasteiger partial charge in [-0.05, 0) is 48.7 Å². The number of sulfonamides is 1. The van der Waals surface area contributed by atoms with Crippen LogP contribution in [-0.2, 0) is 16.4 Å². The molecule has 0 aliphatic rings. The first-order valence-electron chi connectivity index (χ1n) is 8.77. The number of benzene rings is 2. The zero-order valence-electron chi connectivity index (χ0n) is 15.7. The van der Waals surface area contributed by atoms with Crippen molar-refractivity contribution in [2.45, 2.75) is 13.3 Å². The molecule has 0 radical (unpaired) electrons. The maximum atomic E-state index is 12.4. The van der Waals surface area contributed by atoms with Crippen LogP contribution < -0.4 is 10.0 Å². The van der Waals surface area contributed by atoms with Gasteiger partial charge in [-0.25, -0.2) is 13.1 Å². The van der Waals surface area contributed by atoms with Gasteiger partial charge >= 0.3 is 0 Å². The lowest BCUT2D eigenvalue weighted by molar-refractivity contribution is 0.0954. The summed E-state index contributed by atoms with van der Waals surface area (Å²) in [7, 11) is -3.41. The monoisotopic (exact) mass is 398 g/mol. The van der Waals surface area contributed by atoms with Crippen molar-refractivity contribution in [3.63, 3.8) is 0 Å². The average Bonchev–Trinajstić information content (AvgIpc) is 3.12. The van der Waals surface area contributed by atoms with Crippen molar-refractivity contribution in [3.05, 3.63) is 77.6 Å². The van der Waals surface area contributed by atoms with E-state index in [-0.39, 0.29) is 5.91 Å². The Bertz CT molecular complexity index is 1080. The molecule has 1 amide bonds. The van der Waals surface area contributed by atoms with Gasteiger partial charge in [-0.2, -0.15) is 5.10 Å². The summed E-state index contributed by atoms with van der Waals surface area (Å²) < 4.78 is 27.1. The van der Waals surface area contributed by atoms with Crippen LogP contribution in [0.3, 0.4) is 0 Å². The SMILES string of the molecule is Cc1ccc(C(=O)NCCc2cnn(-c3ccccc3)c2)cc1NS(C)(=O)=O. The predicted octanol–water partition coefficient (Wildman–Crippen LogP) is 2.52. The van der Waals surface area contributed by atoms with Crippen molar-refractivity contribution < 1.29 is 13.2 Å². The van der Waals surface area contributed by atoms with E-state index in [1.165, 1.54) is 0 Å². The minimum atomic E-state index is -3.41. The summed E-state index contributed by atoms with van der Waals surface area (Å²) >= 11 is 0. The molecule has 0 unspecified atom stereocenters. The molecule has 7 nitrogen and oxygen atoms in total. The van der Waals surface area contributed by atoms with Gasteiger partial charge in [0.15, 0.2) is 0 Å². The molecule has 0 bridgehead atoms. The maximum Gasteiger partial charge on any atom is 0.251 e. The Morgan fingerprint density at radius 1 is 1.14 bits per heavy atom. The third kappa shape index (κ3) is 5.20. The molecular weight excluding hydrogens is 376 g/mol. The van der Waals surface area contributed by atoms with Crippen molar-refractivity contribution >= 4 is 21.6 Å². The number of carbonyl (C=O) groups is 1. The van der Waals surface area contributed by atoms with Crippen molar-refractivity contribution in [1.29, 1.82) is 0 Å². The molecule has 0 atom stereocenters. The summed E-state index contributed by atoms with van der Waals surface area (Å²) in [6.45, 7) is 2.22. The van der Waals surface area contributed by atoms with E-state index in [4.69, 9.17) is 0 Å². The van der Waals surface area contributed by atoms with E-state index in [0.29, 0.717) is 24.2 Å². The number of nitrogens with zero attached hydrogens (tertiary/aromatic N) is 2. The zero-order chi connectivity index (χ0) is 20.1. The lowest BCUT2D eigenvalue weighted by Crippen LogP contribution is -2.25. The van der Waals surface area contributed by atoms with E-state index < -0.39 is 10.0 Å². The first kappa shape index (κ1) is 19.6. The Balaban J connectivity index is 1.59. The quantitative estimate of drug-likeness (QED) is 0.640. The normalized spacial score (nSPS) is 11.2. The number of hydrogen-bond donors (Lipinski definition) is 2. The molecule has 0 spiro atoms. The number of anilines is 1. The molecule has 0 aliphatic heterocycles. The highest BCUT2D eigenvalue weighted by atomic mass is 32.2. The molecule has 1 aromatic heterocycles. The Kier molecular flexibility index (Phi) is 5.79. The number of rotatable bonds is 7. The molecule has 3 rings (SSSR count). The minimum absolute atomic E-state index is 0.257. The van der Waals surface area contributed by atoms with Crippen LogP contribution >= 0.6 is 0 Å². The Morgan fingerprint density at radius 2 is 1.89 bits per heavy atom. The van der Waals surface area contributed by atoms with Crippen molar-refractivity contribution in [2.75, 3.05) is 17.5 Å². The number of para-hydroxylation sites is 1. The van der Waals surface area contributed by atoms with E-state index in [9.17, 15) is 13.2 Å². The summed E-state index contributed by atoms with van der Waals surface area (Å²) in [5.41, 5.74) is 3.53. The highest BCUT2D eigenvalue weighted by Gasteiger charge is 2.11. The lowest BCUT2D eigenvalue weighted by Gasteiger charge is -2.10. The summed E-state index contributed by atoms with van der Waals surface area (Å²) in [4.78, 5) is 12.4. The first-order valence-corrected chi connectivity index (χ1v) is 10.7. The van der Waals surface area contributed by atoms with Crippen molar-refractivity contribution in [2.24, 2.45) is 0 Å². The third-order valence-corrected chi connectivity index (χ3v) is 4.74. The molecule has 0 saturated heterocycles. The van der Waals surface area contributed by atoms with Crippen LogP contribution in [0.15, 0.2) is 60.9 Å². The minimum Gasteiger partial charge on any atom is -0.352 e. The van der Waals surface area contributed by atoms with E-state index in [2.05, 4.69) is 15.1 Å². The van der Waals surface area contributed by atoms with Crippen LogP contribution in [0.25, 0.3) is 5.69 Å². The molecule has 2 aromatic carbocycles. The number of hydrogen-bond acceptors (Lipinski definition) is 4. The van der Waals surface area contributed by atoms with Gasteiger partial charge in [-0.3, -0.25) is 9.52 Å². The van der Waals surface area contributed by atoms with Gasteiger partial charge in [0.25, 0.3) is 5.91 Å². The summed E-state index contributed by atoms with van der Waals surface area (Å²) in [5, 5.41) is 7.19. The van der Waals surface area contributed by atoms with E-state index >= 15 is 0 Å². The molecule has 146 valence electrons. The highest BCUT2D eigenvalue weighted by Crippen LogP contribution is 2.18. The zero-order valence-corrected chi connectivity index (χ0v) is 16.5. The molecular formula is C20H22N4O3S. The van der Waals surface area contributed by atoms with Crippen LogP contribution in [0, 0.1) is 6.92 Å². The van der Waals surface area contributed by atoms with Gasteiger partial charge in [0.2, 0.25) is 10.0 Å². The smallest absolute Gasteiger partial charge is 0.251 e. The van der Waals surface area contributed by atoms with E-state index in [1.807, 2.05) is 36.5 Å². The van der Waals surface area contributed by atoms with Crippen LogP contribution in [0.5, 0.6) is 0 Å². The van der Waals surface area contributed by atoms with Gasteiger partial charge < -0.3 is 5.32 Å². The first-order chi connectivity index (χ1) is 13.3. The highest BCUT2D eigenvalue weighted by molar-refractivity contribution is 7.92. The van der Waals surface area contributed by atoms with E-state index in [0.717, 1.165) is 23.1 Å². The molecule has 0 saturated carbocycles. The van der Waals surface area contributed by atoms with Crippen molar-refractivity contribution in [3.8, 4) is 5.69 Å². The number of aromatic nitrogens is 2. The standard InChI is InChI=1S/C20H22N4O3S/c1-15-8-9-17(12-19(15)23-28(2,26)27)20(25)21-11-10-16-13-22-24(14-16)18-6-4-3-5-7-18/h3-9,12-14,23H,10-11H2,1-2H3,(H,21,25). The third-order valence-electron chi connectivity index (χ3n) is 4.15. The Morgan fingerprint density at radius 3 is 2.61 bits per heavy atom. The summed E-state index contributed by atoms with van der Waals surface area (Å²) in [6.07, 6.45) is 5.42. The van der Waals surface area contributed by atoms with Crippen LogP contribution in [0.4, 0.5) is 5.69 Å². The topological polar surface area (TPSA) is 93.1 Å². The Labute approximate surface area is 164 Å². The molecule has 0 aliphatic carbocycles. The molecule has 1 heterocycles. The van der Waals surface area contributed by atoms with Crippen LogP contribution in [0.1, 0.15) is 21.5 Å². The molecule has 8 heteroatoms. The summed E-state index contributed by atoms with van der Waals surface area (Å²) in [5.74, 6) is -0.257. The second-order valence-corrected chi connectivity index (χ2v) is 8.29. The second kappa shape index (κ2) is 8.26. The van der Waals surface area contributed by atoms with Gasteiger partial charge in [0.1, 0.15) is 0 Å².